The Morgan fingerprint density at radius 3 is 2.90 bits per heavy atom. The maximum absolute atomic E-state index is 11.7. The molecule has 0 radical (unpaired) electrons. The number of carboxylic acid groups (broad SMARTS) is 1. The zero-order chi connectivity index (χ0) is 14.7. The molecule has 1 atom stereocenters. The molecule has 0 bridgehead atoms. The van der Waals surface area contributed by atoms with Crippen molar-refractivity contribution in [3.05, 3.63) is 11.5 Å². The van der Waals surface area contributed by atoms with Crippen molar-refractivity contribution in [2.75, 3.05) is 5.32 Å². The summed E-state index contributed by atoms with van der Waals surface area (Å²) in [6.07, 6.45) is 1.41. The molecule has 0 saturated carbocycles. The van der Waals surface area contributed by atoms with Crippen molar-refractivity contribution in [1.82, 2.24) is 19.9 Å². The van der Waals surface area contributed by atoms with Crippen LogP contribution in [0.25, 0.3) is 11.2 Å². The maximum Gasteiger partial charge on any atom is 0.303 e. The predicted molar refractivity (Wildman–Crippen MR) is 71.4 cm³/mol. The van der Waals surface area contributed by atoms with E-state index in [0.717, 1.165) is 0 Å². The van der Waals surface area contributed by atoms with Gasteiger partial charge in [-0.3, -0.25) is 14.9 Å². The number of carbonyl (C=O) groups excluding carboxylic acids is 1. The van der Waals surface area contributed by atoms with E-state index in [2.05, 4.69) is 25.3 Å². The summed E-state index contributed by atoms with van der Waals surface area (Å²) in [5.74, 6) is -1.55. The number of aromatic amines is 1. The first kappa shape index (κ1) is 14.2. The van der Waals surface area contributed by atoms with Gasteiger partial charge in [0.15, 0.2) is 10.8 Å². The molecule has 0 aliphatic rings. The second kappa shape index (κ2) is 5.83. The lowest BCUT2D eigenvalue weighted by atomic mass is 10.0. The van der Waals surface area contributed by atoms with Gasteiger partial charge in [0.1, 0.15) is 5.52 Å². The summed E-state index contributed by atoms with van der Waals surface area (Å²) in [6.45, 7) is 1.68. The number of fused-ring (bicyclic) bond motifs is 1. The Balaban J connectivity index is 2.04. The van der Waals surface area contributed by atoms with Crippen molar-refractivity contribution < 1.29 is 14.7 Å². The molecule has 0 aliphatic carbocycles. The van der Waals surface area contributed by atoms with Crippen LogP contribution in [0.2, 0.25) is 5.15 Å². The molecule has 20 heavy (non-hydrogen) atoms. The highest BCUT2D eigenvalue weighted by molar-refractivity contribution is 6.33. The number of aromatic nitrogens is 4. The third-order valence-electron chi connectivity index (χ3n) is 2.55. The van der Waals surface area contributed by atoms with Crippen molar-refractivity contribution in [1.29, 1.82) is 0 Å². The Kier molecular flexibility index (Phi) is 4.14. The molecular formula is C11H12ClN5O3. The summed E-state index contributed by atoms with van der Waals surface area (Å²) in [5.41, 5.74) is 0.836. The smallest absolute Gasteiger partial charge is 0.303 e. The van der Waals surface area contributed by atoms with Gasteiger partial charge in [-0.25, -0.2) is 4.98 Å². The van der Waals surface area contributed by atoms with E-state index >= 15 is 0 Å². The number of nitrogens with zero attached hydrogens (tertiary/aromatic N) is 3. The first-order chi connectivity index (χ1) is 9.45. The van der Waals surface area contributed by atoms with Crippen molar-refractivity contribution in [3.63, 3.8) is 0 Å². The molecule has 1 amide bonds. The van der Waals surface area contributed by atoms with Gasteiger partial charge < -0.3 is 10.1 Å². The minimum atomic E-state index is -0.942. The van der Waals surface area contributed by atoms with Crippen LogP contribution >= 0.6 is 11.6 Å². The number of amides is 1. The van der Waals surface area contributed by atoms with E-state index in [9.17, 15) is 9.59 Å². The Morgan fingerprint density at radius 2 is 2.20 bits per heavy atom. The number of nitrogens with one attached hydrogen (secondary N) is 2. The lowest BCUT2D eigenvalue weighted by Crippen LogP contribution is -2.18. The van der Waals surface area contributed by atoms with Gasteiger partial charge >= 0.3 is 5.97 Å². The van der Waals surface area contributed by atoms with Crippen molar-refractivity contribution >= 4 is 40.6 Å². The molecule has 3 N–H and O–H groups in total. The number of hydrogen-bond acceptors (Lipinski definition) is 5. The first-order valence-electron chi connectivity index (χ1n) is 5.84. The third-order valence-corrected chi connectivity index (χ3v) is 2.82. The molecule has 0 aliphatic heterocycles. The number of halogens is 1. The zero-order valence-electron chi connectivity index (χ0n) is 10.6. The molecule has 1 unspecified atom stereocenters. The third kappa shape index (κ3) is 3.41. The lowest BCUT2D eigenvalue weighted by molar-refractivity contribution is -0.138. The van der Waals surface area contributed by atoms with E-state index in [-0.39, 0.29) is 35.8 Å². The van der Waals surface area contributed by atoms with Gasteiger partial charge in [0.2, 0.25) is 11.9 Å². The second-order valence-corrected chi connectivity index (χ2v) is 4.75. The fourth-order valence-corrected chi connectivity index (χ4v) is 1.94. The standard InChI is InChI=1S/C11H12ClN5O3/c1-5(3-7(19)20)2-6(18)15-11-16-9(12)8-10(17-11)14-4-13-8/h4-5H,2-3H2,1H3,(H,19,20)(H2,13,14,15,16,17,18). The van der Waals surface area contributed by atoms with Crippen LogP contribution in [0, 0.1) is 5.92 Å². The normalized spacial score (nSPS) is 12.3. The molecule has 2 aromatic rings. The summed E-state index contributed by atoms with van der Waals surface area (Å²) in [7, 11) is 0. The molecule has 2 rings (SSSR count). The number of hydrogen-bond donors (Lipinski definition) is 3. The summed E-state index contributed by atoms with van der Waals surface area (Å²) >= 11 is 5.91. The van der Waals surface area contributed by atoms with E-state index in [4.69, 9.17) is 16.7 Å². The summed E-state index contributed by atoms with van der Waals surface area (Å²) in [4.78, 5) is 36.9. The molecule has 2 heterocycles. The Bertz CT molecular complexity index is 657. The number of carbonyl (C=O) groups is 2. The van der Waals surface area contributed by atoms with Crippen LogP contribution in [0.15, 0.2) is 6.33 Å². The minimum Gasteiger partial charge on any atom is -0.481 e. The van der Waals surface area contributed by atoms with Gasteiger partial charge in [-0.05, 0) is 5.92 Å². The Hall–Kier alpha value is -2.22. The van der Waals surface area contributed by atoms with Gasteiger partial charge in [0.25, 0.3) is 0 Å². The fourth-order valence-electron chi connectivity index (χ4n) is 1.72. The van der Waals surface area contributed by atoms with Gasteiger partial charge in [0.05, 0.1) is 6.33 Å². The Labute approximate surface area is 118 Å². The van der Waals surface area contributed by atoms with Gasteiger partial charge in [-0.2, -0.15) is 9.97 Å². The second-order valence-electron chi connectivity index (χ2n) is 4.39. The summed E-state index contributed by atoms with van der Waals surface area (Å²) in [5, 5.41) is 11.3. The Morgan fingerprint density at radius 1 is 1.45 bits per heavy atom. The van der Waals surface area contributed by atoms with Crippen LogP contribution in [-0.2, 0) is 9.59 Å². The van der Waals surface area contributed by atoms with E-state index < -0.39 is 5.97 Å². The molecule has 8 nitrogen and oxygen atoms in total. The topological polar surface area (TPSA) is 121 Å². The first-order valence-corrected chi connectivity index (χ1v) is 6.21. The van der Waals surface area contributed by atoms with Crippen LogP contribution in [0.3, 0.4) is 0 Å². The van der Waals surface area contributed by atoms with Crippen molar-refractivity contribution in [2.24, 2.45) is 5.92 Å². The van der Waals surface area contributed by atoms with E-state index in [1.807, 2.05) is 0 Å². The lowest BCUT2D eigenvalue weighted by Gasteiger charge is -2.08. The number of aliphatic carboxylic acids is 1. The predicted octanol–water partition coefficient (Wildman–Crippen LogP) is 1.45. The molecule has 0 aromatic carbocycles. The van der Waals surface area contributed by atoms with E-state index in [1.54, 1.807) is 6.92 Å². The molecule has 0 fully saturated rings. The minimum absolute atomic E-state index is 0.0436. The van der Waals surface area contributed by atoms with Crippen molar-refractivity contribution in [3.8, 4) is 0 Å². The SMILES string of the molecule is CC(CC(=O)O)CC(=O)Nc1nc(Cl)c2[nH]cnc2n1. The van der Waals surface area contributed by atoms with Gasteiger partial charge in [-0.1, -0.05) is 18.5 Å². The number of imidazole rings is 1. The highest BCUT2D eigenvalue weighted by atomic mass is 35.5. The number of anilines is 1. The van der Waals surface area contributed by atoms with Crippen LogP contribution in [0.4, 0.5) is 5.95 Å². The maximum atomic E-state index is 11.7. The van der Waals surface area contributed by atoms with E-state index in [1.165, 1.54) is 6.33 Å². The van der Waals surface area contributed by atoms with Gasteiger partial charge in [0, 0.05) is 12.8 Å². The van der Waals surface area contributed by atoms with Gasteiger partial charge in [-0.15, -0.1) is 0 Å². The van der Waals surface area contributed by atoms with Crippen molar-refractivity contribution in [2.45, 2.75) is 19.8 Å². The zero-order valence-corrected chi connectivity index (χ0v) is 11.3. The van der Waals surface area contributed by atoms with Crippen LogP contribution in [0.1, 0.15) is 19.8 Å². The molecular weight excluding hydrogens is 286 g/mol. The monoisotopic (exact) mass is 297 g/mol. The largest absolute Gasteiger partial charge is 0.481 e. The molecule has 0 saturated heterocycles. The summed E-state index contributed by atoms with van der Waals surface area (Å²) < 4.78 is 0. The van der Waals surface area contributed by atoms with Crippen LogP contribution < -0.4 is 5.32 Å². The number of carboxylic acids is 1. The molecule has 0 spiro atoms. The highest BCUT2D eigenvalue weighted by Gasteiger charge is 2.15. The molecule has 9 heteroatoms. The van der Waals surface area contributed by atoms with E-state index in [0.29, 0.717) is 11.2 Å². The molecule has 106 valence electrons. The van der Waals surface area contributed by atoms with Crippen LogP contribution in [-0.4, -0.2) is 36.9 Å². The highest BCUT2D eigenvalue weighted by Crippen LogP contribution is 2.18. The summed E-state index contributed by atoms with van der Waals surface area (Å²) in [6, 6.07) is 0. The average Bonchev–Trinajstić information content (AvgIpc) is 2.75. The number of H-pyrrole nitrogens is 1. The number of rotatable bonds is 5. The quantitative estimate of drug-likeness (QED) is 0.718. The molecule has 2 aromatic heterocycles. The van der Waals surface area contributed by atoms with Crippen LogP contribution in [0.5, 0.6) is 0 Å². The average molecular weight is 298 g/mol. The fraction of sp³-hybridized carbons (Fsp3) is 0.364.